The Morgan fingerprint density at radius 1 is 1.15 bits per heavy atom. The Hall–Kier alpha value is -2.84. The Balaban J connectivity index is 1.43. The summed E-state index contributed by atoms with van der Waals surface area (Å²) in [5.41, 5.74) is 1.96. The zero-order valence-corrected chi connectivity index (χ0v) is 21.3. The monoisotopic (exact) mass is 467 g/mol. The predicted octanol–water partition coefficient (Wildman–Crippen LogP) is 3.49. The van der Waals surface area contributed by atoms with Gasteiger partial charge in [0.1, 0.15) is 23.6 Å². The molecule has 184 valence electrons. The Morgan fingerprint density at radius 3 is 2.50 bits per heavy atom. The van der Waals surface area contributed by atoms with Crippen LogP contribution in [0.5, 0.6) is 0 Å². The maximum Gasteiger partial charge on any atom is 0.410 e. The number of rotatable bonds is 3. The molecule has 2 fully saturated rings. The lowest BCUT2D eigenvalue weighted by atomic mass is 9.66. The van der Waals surface area contributed by atoms with E-state index in [1.54, 1.807) is 6.33 Å². The van der Waals surface area contributed by atoms with Gasteiger partial charge in [0, 0.05) is 55.9 Å². The molecule has 5 rings (SSSR count). The van der Waals surface area contributed by atoms with Crippen molar-refractivity contribution in [3.8, 4) is 0 Å². The molecule has 0 bridgehead atoms. The SMILES string of the molecule is C[C@@H]1CN(c2ncnc3c2C2(CCC2)CN3Cc2ccn(C)n2)[C@@H](C)CN1C(=O)OC(C)(C)C. The standard InChI is InChI=1S/C25H37N7O2/c1-17-13-32(23(33)34-24(3,4)5)18(2)12-31(17)22-20-21(26-16-27-22)30(15-25(20)9-7-10-25)14-19-8-11-29(6)28-19/h8,11,16-18H,7,9-10,12-15H2,1-6H3/t17-,18+/m0/s1. The molecule has 2 aromatic heterocycles. The Kier molecular flexibility index (Phi) is 5.48. The highest BCUT2D eigenvalue weighted by Crippen LogP contribution is 2.55. The fourth-order valence-corrected chi connectivity index (χ4v) is 5.70. The number of carbonyl (C=O) groups is 1. The maximum atomic E-state index is 12.8. The van der Waals surface area contributed by atoms with Crippen LogP contribution in [0.1, 0.15) is 65.1 Å². The minimum Gasteiger partial charge on any atom is -0.444 e. The van der Waals surface area contributed by atoms with Crippen molar-refractivity contribution in [1.82, 2.24) is 24.6 Å². The van der Waals surface area contributed by atoms with Crippen LogP contribution in [-0.2, 0) is 23.7 Å². The van der Waals surface area contributed by atoms with E-state index in [-0.39, 0.29) is 23.6 Å². The number of amides is 1. The van der Waals surface area contributed by atoms with Crippen molar-refractivity contribution in [2.24, 2.45) is 7.05 Å². The third kappa shape index (κ3) is 3.99. The van der Waals surface area contributed by atoms with Gasteiger partial charge >= 0.3 is 6.09 Å². The topological polar surface area (TPSA) is 79.6 Å². The first kappa shape index (κ1) is 22.9. The van der Waals surface area contributed by atoms with Gasteiger partial charge < -0.3 is 19.4 Å². The molecule has 0 unspecified atom stereocenters. The number of nitrogens with zero attached hydrogens (tertiary/aromatic N) is 7. The highest BCUT2D eigenvalue weighted by atomic mass is 16.6. The number of carbonyl (C=O) groups excluding carboxylic acids is 1. The Labute approximate surface area is 202 Å². The van der Waals surface area contributed by atoms with E-state index in [1.807, 2.05) is 43.6 Å². The quantitative estimate of drug-likeness (QED) is 0.684. The molecule has 34 heavy (non-hydrogen) atoms. The van der Waals surface area contributed by atoms with Gasteiger partial charge in [-0.2, -0.15) is 5.10 Å². The average molecular weight is 468 g/mol. The molecule has 2 atom stereocenters. The number of fused-ring (bicyclic) bond motifs is 2. The summed E-state index contributed by atoms with van der Waals surface area (Å²) in [6.45, 7) is 13.1. The molecule has 9 heteroatoms. The zero-order valence-electron chi connectivity index (χ0n) is 21.3. The van der Waals surface area contributed by atoms with Crippen molar-refractivity contribution in [3.05, 3.63) is 29.8 Å². The summed E-state index contributed by atoms with van der Waals surface area (Å²) in [6, 6.07) is 2.23. The van der Waals surface area contributed by atoms with Gasteiger partial charge in [0.2, 0.25) is 0 Å². The molecule has 1 saturated heterocycles. The molecule has 3 aliphatic rings. The van der Waals surface area contributed by atoms with Crippen molar-refractivity contribution in [2.45, 2.75) is 83.5 Å². The average Bonchev–Trinajstić information content (AvgIpc) is 3.29. The predicted molar refractivity (Wildman–Crippen MR) is 131 cm³/mol. The van der Waals surface area contributed by atoms with Crippen molar-refractivity contribution in [3.63, 3.8) is 0 Å². The lowest BCUT2D eigenvalue weighted by Gasteiger charge is -2.46. The van der Waals surface area contributed by atoms with Crippen LogP contribution in [-0.4, -0.2) is 68.1 Å². The van der Waals surface area contributed by atoms with E-state index in [0.29, 0.717) is 6.54 Å². The summed E-state index contributed by atoms with van der Waals surface area (Å²) >= 11 is 0. The molecule has 1 amide bonds. The number of hydrogen-bond donors (Lipinski definition) is 0. The summed E-state index contributed by atoms with van der Waals surface area (Å²) in [4.78, 5) is 29.1. The van der Waals surface area contributed by atoms with Crippen LogP contribution in [0.25, 0.3) is 0 Å². The van der Waals surface area contributed by atoms with Crippen molar-refractivity contribution in [1.29, 1.82) is 0 Å². The molecule has 0 radical (unpaired) electrons. The minimum atomic E-state index is -0.502. The summed E-state index contributed by atoms with van der Waals surface area (Å²) in [5.74, 6) is 2.08. The molecular formula is C25H37N7O2. The third-order valence-corrected chi connectivity index (χ3v) is 7.45. The molecule has 4 heterocycles. The minimum absolute atomic E-state index is 0.0278. The van der Waals surface area contributed by atoms with Gasteiger partial charge in [0.15, 0.2) is 0 Å². The number of piperazine rings is 1. The smallest absolute Gasteiger partial charge is 0.410 e. The van der Waals surface area contributed by atoms with Gasteiger partial charge in [-0.1, -0.05) is 6.42 Å². The molecule has 1 spiro atoms. The highest BCUT2D eigenvalue weighted by Gasteiger charge is 2.51. The van der Waals surface area contributed by atoms with Crippen LogP contribution in [0, 0.1) is 0 Å². The highest BCUT2D eigenvalue weighted by molar-refractivity contribution is 5.71. The van der Waals surface area contributed by atoms with E-state index in [0.717, 1.165) is 37.0 Å². The number of anilines is 2. The molecule has 2 aromatic rings. The van der Waals surface area contributed by atoms with Gasteiger partial charge in [-0.15, -0.1) is 0 Å². The lowest BCUT2D eigenvalue weighted by molar-refractivity contribution is 0.0129. The number of aromatic nitrogens is 4. The molecule has 9 nitrogen and oxygen atoms in total. The third-order valence-electron chi connectivity index (χ3n) is 7.45. The van der Waals surface area contributed by atoms with Gasteiger partial charge in [0.25, 0.3) is 0 Å². The number of hydrogen-bond acceptors (Lipinski definition) is 7. The maximum absolute atomic E-state index is 12.8. The van der Waals surface area contributed by atoms with E-state index >= 15 is 0 Å². The van der Waals surface area contributed by atoms with E-state index in [4.69, 9.17) is 14.7 Å². The van der Waals surface area contributed by atoms with E-state index < -0.39 is 5.60 Å². The first-order valence-electron chi connectivity index (χ1n) is 12.4. The summed E-state index contributed by atoms with van der Waals surface area (Å²) < 4.78 is 7.52. The van der Waals surface area contributed by atoms with Crippen LogP contribution in [0.4, 0.5) is 16.4 Å². The molecule has 0 N–H and O–H groups in total. The second kappa shape index (κ2) is 8.13. The second-order valence-electron chi connectivity index (χ2n) is 11.3. The summed E-state index contributed by atoms with van der Waals surface area (Å²) in [7, 11) is 1.95. The normalized spacial score (nSPS) is 23.8. The first-order valence-corrected chi connectivity index (χ1v) is 12.4. The van der Waals surface area contributed by atoms with Crippen molar-refractivity contribution in [2.75, 3.05) is 29.4 Å². The molecular weight excluding hydrogens is 430 g/mol. The van der Waals surface area contributed by atoms with Gasteiger partial charge in [0.05, 0.1) is 12.2 Å². The molecule has 2 aliphatic heterocycles. The van der Waals surface area contributed by atoms with Gasteiger partial charge in [-0.25, -0.2) is 14.8 Å². The van der Waals surface area contributed by atoms with Crippen LogP contribution in [0.2, 0.25) is 0 Å². The fourth-order valence-electron chi connectivity index (χ4n) is 5.70. The second-order valence-corrected chi connectivity index (χ2v) is 11.3. The first-order chi connectivity index (χ1) is 16.1. The van der Waals surface area contributed by atoms with E-state index in [2.05, 4.69) is 34.8 Å². The van der Waals surface area contributed by atoms with E-state index in [1.165, 1.54) is 24.8 Å². The van der Waals surface area contributed by atoms with Crippen LogP contribution < -0.4 is 9.80 Å². The van der Waals surface area contributed by atoms with Crippen LogP contribution >= 0.6 is 0 Å². The molecule has 1 aliphatic carbocycles. The van der Waals surface area contributed by atoms with E-state index in [9.17, 15) is 4.79 Å². The van der Waals surface area contributed by atoms with Gasteiger partial charge in [-0.05, 0) is 53.5 Å². The number of ether oxygens (including phenoxy) is 1. The van der Waals surface area contributed by atoms with Gasteiger partial charge in [-0.3, -0.25) is 4.68 Å². The fraction of sp³-hybridized carbons (Fsp3) is 0.680. The Morgan fingerprint density at radius 2 is 1.88 bits per heavy atom. The Bertz CT molecular complexity index is 1070. The van der Waals surface area contributed by atoms with Crippen LogP contribution in [0.15, 0.2) is 18.6 Å². The summed E-state index contributed by atoms with van der Waals surface area (Å²) in [5, 5.41) is 4.59. The largest absolute Gasteiger partial charge is 0.444 e. The number of aryl methyl sites for hydroxylation is 1. The lowest BCUT2D eigenvalue weighted by Crippen LogP contribution is -2.59. The zero-order chi connectivity index (χ0) is 24.3. The van der Waals surface area contributed by atoms with Crippen molar-refractivity contribution >= 4 is 17.7 Å². The molecule has 1 saturated carbocycles. The van der Waals surface area contributed by atoms with Crippen molar-refractivity contribution < 1.29 is 9.53 Å². The molecule has 0 aromatic carbocycles. The summed E-state index contributed by atoms with van der Waals surface area (Å²) in [6.07, 6.45) is 7.03. The van der Waals surface area contributed by atoms with Crippen LogP contribution in [0.3, 0.4) is 0 Å².